The Morgan fingerprint density at radius 1 is 1.45 bits per heavy atom. The lowest BCUT2D eigenvalue weighted by Crippen LogP contribution is -2.33. The fourth-order valence-electron chi connectivity index (χ4n) is 1.51. The predicted octanol–water partition coefficient (Wildman–Crippen LogP) is 1.33. The Bertz CT molecular complexity index is 754. The van der Waals surface area contributed by atoms with Crippen LogP contribution in [0.25, 0.3) is 0 Å². The van der Waals surface area contributed by atoms with E-state index < -0.39 is 17.2 Å². The summed E-state index contributed by atoms with van der Waals surface area (Å²) in [5.41, 5.74) is -0.919. The zero-order valence-corrected chi connectivity index (χ0v) is 12.3. The molecular weight excluding hydrogens is 302 g/mol. The number of H-pyrrole nitrogens is 1. The lowest BCUT2D eigenvalue weighted by atomic mass is 10.1. The van der Waals surface area contributed by atoms with Crippen LogP contribution in [0.1, 0.15) is 18.6 Å². The molecular formula is C12H12ClN3O3S. The van der Waals surface area contributed by atoms with E-state index in [2.05, 4.69) is 10.1 Å². The lowest BCUT2D eigenvalue weighted by Gasteiger charge is -2.10. The number of nitrogens with one attached hydrogen (secondary N) is 1. The van der Waals surface area contributed by atoms with Crippen LogP contribution in [0.4, 0.5) is 0 Å². The highest BCUT2D eigenvalue weighted by Crippen LogP contribution is 2.32. The Hall–Kier alpha value is -1.57. The summed E-state index contributed by atoms with van der Waals surface area (Å²) in [6, 6.07) is 5.12. The molecule has 0 amide bonds. The molecule has 1 heterocycles. The maximum absolute atomic E-state index is 11.3. The summed E-state index contributed by atoms with van der Waals surface area (Å²) < 4.78 is 1.35. The number of aliphatic hydroxyl groups is 1. The highest BCUT2D eigenvalue weighted by atomic mass is 35.5. The van der Waals surface area contributed by atoms with E-state index in [1.807, 2.05) is 0 Å². The first-order valence-electron chi connectivity index (χ1n) is 5.71. The van der Waals surface area contributed by atoms with Crippen LogP contribution < -0.4 is 11.1 Å². The van der Waals surface area contributed by atoms with Gasteiger partial charge in [-0.15, -0.1) is 0 Å². The second-order valence-corrected chi connectivity index (χ2v) is 5.58. The molecule has 0 fully saturated rings. The number of aliphatic hydroxyl groups excluding tert-OH is 1. The second-order valence-electron chi connectivity index (χ2n) is 4.17. The molecule has 1 aromatic heterocycles. The molecule has 6 nitrogen and oxygen atoms in total. The summed E-state index contributed by atoms with van der Waals surface area (Å²) in [6.07, 6.45) is -0.609. The number of aryl methyl sites for hydroxylation is 1. The molecule has 2 aromatic rings. The van der Waals surface area contributed by atoms with E-state index in [1.165, 1.54) is 4.68 Å². The first kappa shape index (κ1) is 14.8. The summed E-state index contributed by atoms with van der Waals surface area (Å²) in [5, 5.41) is 12.6. The van der Waals surface area contributed by atoms with Crippen molar-refractivity contribution in [3.05, 3.63) is 49.5 Å². The normalized spacial score (nSPS) is 12.4. The van der Waals surface area contributed by atoms with E-state index in [0.29, 0.717) is 20.6 Å². The second kappa shape index (κ2) is 5.82. The van der Waals surface area contributed by atoms with Crippen LogP contribution in [0.5, 0.6) is 0 Å². The average Bonchev–Trinajstić information content (AvgIpc) is 2.37. The molecule has 0 spiro atoms. The van der Waals surface area contributed by atoms with Crippen LogP contribution in [0.3, 0.4) is 0 Å². The molecule has 20 heavy (non-hydrogen) atoms. The highest BCUT2D eigenvalue weighted by Gasteiger charge is 2.10. The van der Waals surface area contributed by atoms with Gasteiger partial charge in [-0.2, -0.15) is 4.98 Å². The summed E-state index contributed by atoms with van der Waals surface area (Å²) in [7, 11) is 1.58. The number of hydrogen-bond acceptors (Lipinski definition) is 5. The van der Waals surface area contributed by atoms with Crippen molar-refractivity contribution in [2.45, 2.75) is 23.1 Å². The lowest BCUT2D eigenvalue weighted by molar-refractivity contribution is 0.199. The fourth-order valence-corrected chi connectivity index (χ4v) is 2.62. The molecule has 0 aliphatic rings. The molecule has 1 aromatic carbocycles. The summed E-state index contributed by atoms with van der Waals surface area (Å²) in [5.74, 6) is 0. The smallest absolute Gasteiger partial charge is 0.339 e. The molecule has 106 valence electrons. The van der Waals surface area contributed by atoms with Crippen molar-refractivity contribution in [2.24, 2.45) is 7.05 Å². The number of aromatic nitrogens is 3. The Morgan fingerprint density at radius 3 is 2.75 bits per heavy atom. The van der Waals surface area contributed by atoms with E-state index >= 15 is 0 Å². The van der Waals surface area contributed by atoms with Gasteiger partial charge in [0, 0.05) is 11.9 Å². The molecule has 8 heteroatoms. The maximum Gasteiger partial charge on any atom is 0.339 e. The standard InChI is InChI=1S/C12H12ClN3O3S/c1-6(17)7-3-4-9(8(13)5-7)20-12-14-10(18)11(19)15-16(12)2/h3-6,17H,1-2H3,(H,15,19)/t6-/m1/s1. The van der Waals surface area contributed by atoms with Gasteiger partial charge in [0.1, 0.15) is 0 Å². The van der Waals surface area contributed by atoms with Crippen LogP contribution in [0, 0.1) is 0 Å². The predicted molar refractivity (Wildman–Crippen MR) is 76.3 cm³/mol. The number of rotatable bonds is 3. The van der Waals surface area contributed by atoms with E-state index in [9.17, 15) is 14.7 Å². The van der Waals surface area contributed by atoms with Gasteiger partial charge in [0.15, 0.2) is 5.16 Å². The molecule has 0 radical (unpaired) electrons. The SMILES string of the molecule is C[C@@H](O)c1ccc(Sc2nc(=O)c(=O)[nH]n2C)c(Cl)c1. The third-order valence-corrected chi connectivity index (χ3v) is 4.14. The monoisotopic (exact) mass is 313 g/mol. The van der Waals surface area contributed by atoms with Crippen molar-refractivity contribution in [1.29, 1.82) is 0 Å². The van der Waals surface area contributed by atoms with Crippen LogP contribution in [0.2, 0.25) is 5.02 Å². The van der Waals surface area contributed by atoms with Crippen molar-refractivity contribution in [3.8, 4) is 0 Å². The van der Waals surface area contributed by atoms with Crippen LogP contribution >= 0.6 is 23.4 Å². The molecule has 1 atom stereocenters. The minimum absolute atomic E-state index is 0.321. The van der Waals surface area contributed by atoms with Crippen LogP contribution in [-0.4, -0.2) is 19.9 Å². The molecule has 0 aliphatic carbocycles. The topological polar surface area (TPSA) is 88.0 Å². The summed E-state index contributed by atoms with van der Waals surface area (Å²) in [4.78, 5) is 26.7. The van der Waals surface area contributed by atoms with E-state index in [-0.39, 0.29) is 0 Å². The largest absolute Gasteiger partial charge is 0.389 e. The fraction of sp³-hybridized carbons (Fsp3) is 0.250. The molecule has 0 bridgehead atoms. The van der Waals surface area contributed by atoms with Crippen molar-refractivity contribution in [1.82, 2.24) is 14.8 Å². The molecule has 2 rings (SSSR count). The number of nitrogens with zero attached hydrogens (tertiary/aromatic N) is 2. The Morgan fingerprint density at radius 2 is 2.15 bits per heavy atom. The van der Waals surface area contributed by atoms with Crippen LogP contribution in [-0.2, 0) is 7.05 Å². The zero-order chi connectivity index (χ0) is 14.9. The quantitative estimate of drug-likeness (QED) is 0.835. The number of hydrogen-bond donors (Lipinski definition) is 2. The Labute approximate surface area is 123 Å². The average molecular weight is 314 g/mol. The summed E-state index contributed by atoms with van der Waals surface area (Å²) >= 11 is 7.28. The first-order chi connectivity index (χ1) is 9.38. The van der Waals surface area contributed by atoms with Crippen molar-refractivity contribution in [2.75, 3.05) is 0 Å². The zero-order valence-electron chi connectivity index (χ0n) is 10.8. The van der Waals surface area contributed by atoms with E-state index in [4.69, 9.17) is 11.6 Å². The van der Waals surface area contributed by atoms with Crippen molar-refractivity contribution in [3.63, 3.8) is 0 Å². The summed E-state index contributed by atoms with van der Waals surface area (Å²) in [6.45, 7) is 1.64. The molecule has 0 unspecified atom stereocenters. The molecule has 0 saturated carbocycles. The maximum atomic E-state index is 11.3. The van der Waals surface area contributed by atoms with Gasteiger partial charge < -0.3 is 5.11 Å². The Kier molecular flexibility index (Phi) is 4.32. The molecule has 2 N–H and O–H groups in total. The molecule has 0 aliphatic heterocycles. The number of aromatic amines is 1. The van der Waals surface area contributed by atoms with Gasteiger partial charge in [-0.05, 0) is 36.4 Å². The third kappa shape index (κ3) is 3.12. The van der Waals surface area contributed by atoms with Crippen molar-refractivity contribution >= 4 is 23.4 Å². The Balaban J connectivity index is 2.38. The van der Waals surface area contributed by atoms with E-state index in [1.54, 1.807) is 32.2 Å². The first-order valence-corrected chi connectivity index (χ1v) is 6.90. The highest BCUT2D eigenvalue weighted by molar-refractivity contribution is 7.99. The van der Waals surface area contributed by atoms with Gasteiger partial charge in [-0.1, -0.05) is 17.7 Å². The van der Waals surface area contributed by atoms with Gasteiger partial charge in [-0.25, -0.2) is 0 Å². The van der Waals surface area contributed by atoms with Gasteiger partial charge in [-0.3, -0.25) is 19.4 Å². The van der Waals surface area contributed by atoms with Gasteiger partial charge in [0.05, 0.1) is 11.1 Å². The minimum Gasteiger partial charge on any atom is -0.389 e. The van der Waals surface area contributed by atoms with Gasteiger partial charge in [0.2, 0.25) is 0 Å². The molecule has 0 saturated heterocycles. The third-order valence-electron chi connectivity index (χ3n) is 2.59. The van der Waals surface area contributed by atoms with Gasteiger partial charge >= 0.3 is 11.1 Å². The van der Waals surface area contributed by atoms with Crippen molar-refractivity contribution < 1.29 is 5.11 Å². The van der Waals surface area contributed by atoms with Crippen LogP contribution in [0.15, 0.2) is 37.8 Å². The van der Waals surface area contributed by atoms with E-state index in [0.717, 1.165) is 11.8 Å². The minimum atomic E-state index is -0.845. The number of benzene rings is 1. The van der Waals surface area contributed by atoms with Gasteiger partial charge in [0.25, 0.3) is 0 Å². The number of halogens is 1.